The fourth-order valence-corrected chi connectivity index (χ4v) is 3.63. The van der Waals surface area contributed by atoms with Crippen molar-refractivity contribution in [1.29, 1.82) is 0 Å². The predicted octanol–water partition coefficient (Wildman–Crippen LogP) is 4.67. The molecule has 1 N–H and O–H groups in total. The minimum atomic E-state index is 0.660. The summed E-state index contributed by atoms with van der Waals surface area (Å²) in [5, 5.41) is 3.65. The molecule has 1 aromatic heterocycles. The Morgan fingerprint density at radius 1 is 1.28 bits per heavy atom. The summed E-state index contributed by atoms with van der Waals surface area (Å²) in [6.45, 7) is 3.22. The van der Waals surface area contributed by atoms with Gasteiger partial charge in [-0.25, -0.2) is 0 Å². The van der Waals surface area contributed by atoms with E-state index in [0.717, 1.165) is 27.1 Å². The molecule has 0 radical (unpaired) electrons. The average Bonchev–Trinajstić information content (AvgIpc) is 2.53. The van der Waals surface area contributed by atoms with Gasteiger partial charge in [-0.2, -0.15) is 0 Å². The van der Waals surface area contributed by atoms with Crippen LogP contribution in [-0.4, -0.2) is 11.0 Å². The molecule has 0 aromatic carbocycles. The highest BCUT2D eigenvalue weighted by Gasteiger charge is 2.16. The molecule has 0 spiro atoms. The van der Waals surface area contributed by atoms with Crippen LogP contribution >= 0.6 is 31.9 Å². The summed E-state index contributed by atoms with van der Waals surface area (Å²) in [7, 11) is 0. The second-order valence-corrected chi connectivity index (χ2v) is 7.04. The van der Waals surface area contributed by atoms with E-state index < -0.39 is 0 Å². The molecule has 1 heterocycles. The first-order chi connectivity index (χ1) is 8.65. The number of nitrogens with zero attached hydrogens (tertiary/aromatic N) is 1. The largest absolute Gasteiger partial charge is 0.308 e. The molecule has 0 bridgehead atoms. The number of hydrogen-bond donors (Lipinski definition) is 1. The third kappa shape index (κ3) is 4.32. The lowest BCUT2D eigenvalue weighted by molar-refractivity contribution is 0.444. The third-order valence-corrected chi connectivity index (χ3v) is 4.82. The van der Waals surface area contributed by atoms with E-state index in [9.17, 15) is 0 Å². The van der Waals surface area contributed by atoms with Gasteiger partial charge in [0.2, 0.25) is 0 Å². The lowest BCUT2D eigenvalue weighted by Gasteiger charge is -2.16. The van der Waals surface area contributed by atoms with Gasteiger partial charge in [0.1, 0.15) is 0 Å². The van der Waals surface area contributed by atoms with Gasteiger partial charge in [-0.15, -0.1) is 0 Å². The summed E-state index contributed by atoms with van der Waals surface area (Å²) >= 11 is 6.99. The van der Waals surface area contributed by atoms with E-state index in [1.165, 1.54) is 32.1 Å². The number of halogens is 2. The molecule has 100 valence electrons. The molecule has 1 aliphatic rings. The maximum Gasteiger partial charge on any atom is 0.0684 e. The number of nitrogens with one attached hydrogen (secondary N) is 1. The summed E-state index contributed by atoms with van der Waals surface area (Å²) in [6.07, 6.45) is 8.56. The summed E-state index contributed by atoms with van der Waals surface area (Å²) in [6, 6.07) is 2.71. The van der Waals surface area contributed by atoms with Crippen molar-refractivity contribution < 1.29 is 0 Å². The van der Waals surface area contributed by atoms with Gasteiger partial charge >= 0.3 is 0 Å². The van der Waals surface area contributed by atoms with Gasteiger partial charge in [0, 0.05) is 27.7 Å². The molecule has 18 heavy (non-hydrogen) atoms. The highest BCUT2D eigenvalue weighted by atomic mass is 79.9. The van der Waals surface area contributed by atoms with Crippen molar-refractivity contribution >= 4 is 31.9 Å². The van der Waals surface area contributed by atoms with Crippen LogP contribution in [0.25, 0.3) is 0 Å². The zero-order valence-corrected chi connectivity index (χ0v) is 13.9. The van der Waals surface area contributed by atoms with Crippen molar-refractivity contribution in [2.75, 3.05) is 0 Å². The third-order valence-electron chi connectivity index (χ3n) is 3.70. The Labute approximate surface area is 126 Å². The number of aromatic nitrogens is 1. The first kappa shape index (κ1) is 14.5. The van der Waals surface area contributed by atoms with Crippen molar-refractivity contribution in [2.24, 2.45) is 5.92 Å². The molecule has 2 unspecified atom stereocenters. The van der Waals surface area contributed by atoms with Crippen LogP contribution in [0.2, 0.25) is 0 Å². The minimum absolute atomic E-state index is 0.660. The predicted molar refractivity (Wildman–Crippen MR) is 82.5 cm³/mol. The van der Waals surface area contributed by atoms with Gasteiger partial charge in [0.15, 0.2) is 0 Å². The summed E-state index contributed by atoms with van der Waals surface area (Å²) in [4.78, 5) is 4.44. The summed E-state index contributed by atoms with van der Waals surface area (Å²) in [5.74, 6) is 0.898. The van der Waals surface area contributed by atoms with E-state index in [1.54, 1.807) is 0 Å². The zero-order valence-electron chi connectivity index (χ0n) is 10.8. The first-order valence-electron chi connectivity index (χ1n) is 6.68. The minimum Gasteiger partial charge on any atom is -0.308 e. The number of pyridine rings is 1. The molecule has 0 amide bonds. The van der Waals surface area contributed by atoms with Crippen LogP contribution in [0.5, 0.6) is 0 Å². The Morgan fingerprint density at radius 3 is 2.89 bits per heavy atom. The average molecular weight is 376 g/mol. The number of hydrogen-bond acceptors (Lipinski definition) is 2. The van der Waals surface area contributed by atoms with E-state index in [-0.39, 0.29) is 0 Å². The molecule has 2 rings (SSSR count). The first-order valence-corrected chi connectivity index (χ1v) is 8.27. The molecule has 1 fully saturated rings. The van der Waals surface area contributed by atoms with Crippen LogP contribution in [-0.2, 0) is 6.54 Å². The van der Waals surface area contributed by atoms with Crippen molar-refractivity contribution in [3.63, 3.8) is 0 Å². The highest BCUT2D eigenvalue weighted by molar-refractivity contribution is 9.11. The Morgan fingerprint density at radius 2 is 2.11 bits per heavy atom. The highest BCUT2D eigenvalue weighted by Crippen LogP contribution is 2.24. The normalized spacial score (nSPS) is 24.8. The van der Waals surface area contributed by atoms with Crippen LogP contribution in [0, 0.1) is 5.92 Å². The van der Waals surface area contributed by atoms with Crippen LogP contribution in [0.4, 0.5) is 0 Å². The molecule has 2 atom stereocenters. The van der Waals surface area contributed by atoms with E-state index >= 15 is 0 Å². The van der Waals surface area contributed by atoms with Crippen LogP contribution in [0.1, 0.15) is 44.7 Å². The van der Waals surface area contributed by atoms with Crippen LogP contribution in [0.15, 0.2) is 21.2 Å². The second kappa shape index (κ2) is 7.01. The molecular formula is C14H20Br2N2. The Hall–Kier alpha value is 0.0700. The summed E-state index contributed by atoms with van der Waals surface area (Å²) in [5.41, 5.74) is 1.09. The zero-order chi connectivity index (χ0) is 13.0. The molecule has 1 saturated carbocycles. The van der Waals surface area contributed by atoms with Gasteiger partial charge in [-0.1, -0.05) is 19.8 Å². The molecule has 0 aliphatic heterocycles. The van der Waals surface area contributed by atoms with E-state index in [0.29, 0.717) is 6.04 Å². The van der Waals surface area contributed by atoms with Gasteiger partial charge < -0.3 is 5.32 Å². The fraction of sp³-hybridized carbons (Fsp3) is 0.643. The van der Waals surface area contributed by atoms with E-state index in [1.807, 2.05) is 6.20 Å². The Balaban J connectivity index is 1.87. The molecule has 1 aliphatic carbocycles. The molecular weight excluding hydrogens is 356 g/mol. The van der Waals surface area contributed by atoms with Crippen LogP contribution < -0.4 is 5.32 Å². The summed E-state index contributed by atoms with van der Waals surface area (Å²) < 4.78 is 2.09. The maximum atomic E-state index is 4.44. The lowest BCUT2D eigenvalue weighted by atomic mass is 10.0. The Kier molecular flexibility index (Phi) is 5.64. The molecule has 1 aromatic rings. The maximum absolute atomic E-state index is 4.44. The van der Waals surface area contributed by atoms with Crippen molar-refractivity contribution in [1.82, 2.24) is 10.3 Å². The van der Waals surface area contributed by atoms with E-state index in [4.69, 9.17) is 0 Å². The van der Waals surface area contributed by atoms with Gasteiger partial charge in [0.25, 0.3) is 0 Å². The molecule has 2 nitrogen and oxygen atoms in total. The van der Waals surface area contributed by atoms with Crippen molar-refractivity contribution in [3.05, 3.63) is 26.9 Å². The van der Waals surface area contributed by atoms with Gasteiger partial charge in [-0.3, -0.25) is 4.98 Å². The van der Waals surface area contributed by atoms with Crippen molar-refractivity contribution in [3.8, 4) is 0 Å². The second-order valence-electron chi connectivity index (χ2n) is 5.27. The smallest absolute Gasteiger partial charge is 0.0684 e. The molecule has 4 heteroatoms. The van der Waals surface area contributed by atoms with E-state index in [2.05, 4.69) is 55.2 Å². The monoisotopic (exact) mass is 374 g/mol. The lowest BCUT2D eigenvalue weighted by Crippen LogP contribution is -2.28. The standard InChI is InChI=1S/C14H20Br2N2/c1-10-3-2-4-12(6-5-10)17-9-14-13(16)7-11(15)8-18-14/h7-8,10,12,17H,2-6,9H2,1H3. The topological polar surface area (TPSA) is 24.9 Å². The van der Waals surface area contributed by atoms with Gasteiger partial charge in [0.05, 0.1) is 5.69 Å². The van der Waals surface area contributed by atoms with Crippen LogP contribution in [0.3, 0.4) is 0 Å². The fourth-order valence-electron chi connectivity index (χ4n) is 2.51. The number of rotatable bonds is 3. The SMILES string of the molecule is CC1CCCC(NCc2ncc(Br)cc2Br)CC1. The van der Waals surface area contributed by atoms with Gasteiger partial charge in [-0.05, 0) is 63.1 Å². The Bertz CT molecular complexity index is 395. The van der Waals surface area contributed by atoms with Crippen molar-refractivity contribution in [2.45, 2.75) is 51.6 Å². The quantitative estimate of drug-likeness (QED) is 0.776. The molecule has 0 saturated heterocycles.